The van der Waals surface area contributed by atoms with Gasteiger partial charge in [-0.2, -0.15) is 0 Å². The zero-order valence-corrected chi connectivity index (χ0v) is 20.1. The summed E-state index contributed by atoms with van der Waals surface area (Å²) in [6, 6.07) is 7.69. The van der Waals surface area contributed by atoms with E-state index in [9.17, 15) is 8.42 Å². The fourth-order valence-corrected chi connectivity index (χ4v) is 5.05. The summed E-state index contributed by atoms with van der Waals surface area (Å²) in [4.78, 5) is 16.8. The lowest BCUT2D eigenvalue weighted by molar-refractivity contribution is 0.419. The highest BCUT2D eigenvalue weighted by atomic mass is 32.2. The van der Waals surface area contributed by atoms with Gasteiger partial charge in [-0.05, 0) is 29.7 Å². The summed E-state index contributed by atoms with van der Waals surface area (Å²) in [6.07, 6.45) is 2.95. The first-order valence-corrected chi connectivity index (χ1v) is 12.3. The van der Waals surface area contributed by atoms with Crippen molar-refractivity contribution < 1.29 is 17.5 Å². The van der Waals surface area contributed by atoms with E-state index in [-0.39, 0.29) is 40.5 Å². The van der Waals surface area contributed by atoms with Crippen LogP contribution in [-0.4, -0.2) is 41.2 Å². The normalized spacial score (nSPS) is 11.7. The van der Waals surface area contributed by atoms with Gasteiger partial charge in [0.15, 0.2) is 11.6 Å². The molecule has 0 fully saturated rings. The van der Waals surface area contributed by atoms with Gasteiger partial charge in [0.25, 0.3) is 0 Å². The molecule has 0 aliphatic carbocycles. The minimum atomic E-state index is -3.72. The molecule has 0 aliphatic heterocycles. The number of hydrogen-bond acceptors (Lipinski definition) is 9. The second-order valence-electron chi connectivity index (χ2n) is 8.28. The van der Waals surface area contributed by atoms with Gasteiger partial charge in [-0.25, -0.2) is 32.7 Å². The maximum absolute atomic E-state index is 15.4. The second-order valence-corrected chi connectivity index (χ2v) is 10.0. The molecule has 0 spiro atoms. The molecular weight excluding hydrogens is 473 g/mol. The molecule has 0 saturated heterocycles. The molecule has 5 N–H and O–H groups in total. The zero-order valence-electron chi connectivity index (χ0n) is 19.3. The Labute approximate surface area is 201 Å². The highest BCUT2D eigenvalue weighted by molar-refractivity contribution is 7.92. The van der Waals surface area contributed by atoms with Gasteiger partial charge >= 0.3 is 0 Å². The lowest BCUT2D eigenvalue weighted by Crippen LogP contribution is -2.20. The van der Waals surface area contributed by atoms with Crippen molar-refractivity contribution in [3.05, 3.63) is 48.5 Å². The molecular formula is C23H24FN7O3S. The molecule has 0 radical (unpaired) electrons. The summed E-state index contributed by atoms with van der Waals surface area (Å²) in [5, 5.41) is 0.435. The van der Waals surface area contributed by atoms with Crippen molar-refractivity contribution in [3.63, 3.8) is 0 Å². The predicted octanol–water partition coefficient (Wildman–Crippen LogP) is 3.46. The Balaban J connectivity index is 1.82. The number of nitrogens with two attached hydrogens (primary N) is 2. The maximum atomic E-state index is 15.4. The zero-order chi connectivity index (χ0) is 25.3. The molecule has 4 rings (SSSR count). The average molecular weight is 498 g/mol. The molecule has 35 heavy (non-hydrogen) atoms. The molecule has 182 valence electrons. The van der Waals surface area contributed by atoms with Crippen LogP contribution in [0.25, 0.3) is 33.4 Å². The number of hydrogen-bond donors (Lipinski definition) is 3. The number of nitrogens with zero attached hydrogens (tertiary/aromatic N) is 4. The number of sulfonamides is 1. The van der Waals surface area contributed by atoms with E-state index in [1.165, 1.54) is 31.6 Å². The summed E-state index contributed by atoms with van der Waals surface area (Å²) in [6.45, 7) is 3.54. The van der Waals surface area contributed by atoms with Crippen LogP contribution in [0.1, 0.15) is 13.8 Å². The number of fused-ring (bicyclic) bond motifs is 1. The molecule has 0 bridgehead atoms. The molecule has 0 saturated carbocycles. The third-order valence-corrected chi connectivity index (χ3v) is 6.71. The fraction of sp³-hybridized carbons (Fsp3) is 0.217. The van der Waals surface area contributed by atoms with Crippen molar-refractivity contribution in [3.8, 4) is 28.3 Å². The van der Waals surface area contributed by atoms with Gasteiger partial charge in [0.1, 0.15) is 17.1 Å². The fourth-order valence-electron chi connectivity index (χ4n) is 3.60. The average Bonchev–Trinajstić information content (AvgIpc) is 2.79. The van der Waals surface area contributed by atoms with Crippen LogP contribution in [0.4, 0.5) is 21.8 Å². The lowest BCUT2D eigenvalue weighted by atomic mass is 10.0. The third kappa shape index (κ3) is 5.06. The molecule has 2 aromatic carbocycles. The van der Waals surface area contributed by atoms with Crippen LogP contribution >= 0.6 is 0 Å². The van der Waals surface area contributed by atoms with Crippen molar-refractivity contribution >= 4 is 38.4 Å². The molecule has 0 unspecified atom stereocenters. The second kappa shape index (κ2) is 9.29. The number of methoxy groups -OCH3 is 1. The maximum Gasteiger partial charge on any atom is 0.233 e. The first-order chi connectivity index (χ1) is 16.6. The van der Waals surface area contributed by atoms with Crippen LogP contribution in [0.15, 0.2) is 42.7 Å². The first-order valence-electron chi connectivity index (χ1n) is 10.6. The van der Waals surface area contributed by atoms with Crippen molar-refractivity contribution in [1.82, 2.24) is 19.9 Å². The number of aromatic nitrogens is 4. The van der Waals surface area contributed by atoms with Gasteiger partial charge in [0.2, 0.25) is 16.0 Å². The summed E-state index contributed by atoms with van der Waals surface area (Å²) in [5.41, 5.74) is 13.1. The molecule has 2 aromatic heterocycles. The summed E-state index contributed by atoms with van der Waals surface area (Å²) in [7, 11) is -2.26. The van der Waals surface area contributed by atoms with Crippen molar-refractivity contribution in [2.75, 3.05) is 29.1 Å². The predicted molar refractivity (Wildman–Crippen MR) is 134 cm³/mol. The Morgan fingerprint density at radius 1 is 1.09 bits per heavy atom. The monoisotopic (exact) mass is 497 g/mol. The van der Waals surface area contributed by atoms with Crippen molar-refractivity contribution in [2.24, 2.45) is 5.92 Å². The number of benzene rings is 2. The Kier molecular flexibility index (Phi) is 6.39. The topological polar surface area (TPSA) is 159 Å². The molecule has 12 heteroatoms. The van der Waals surface area contributed by atoms with Gasteiger partial charge in [-0.3, -0.25) is 4.72 Å². The summed E-state index contributed by atoms with van der Waals surface area (Å²) >= 11 is 0. The van der Waals surface area contributed by atoms with E-state index in [0.717, 1.165) is 0 Å². The summed E-state index contributed by atoms with van der Waals surface area (Å²) < 4.78 is 48.0. The quantitative estimate of drug-likeness (QED) is 0.347. The Bertz CT molecular complexity index is 1510. The van der Waals surface area contributed by atoms with Gasteiger partial charge in [-0.1, -0.05) is 26.0 Å². The number of nitrogens with one attached hydrogen (secondary N) is 1. The van der Waals surface area contributed by atoms with Crippen molar-refractivity contribution in [1.29, 1.82) is 0 Å². The van der Waals surface area contributed by atoms with Gasteiger partial charge in [-0.15, -0.1) is 0 Å². The van der Waals surface area contributed by atoms with E-state index in [0.29, 0.717) is 27.8 Å². The highest BCUT2D eigenvalue weighted by Crippen LogP contribution is 2.37. The van der Waals surface area contributed by atoms with Crippen molar-refractivity contribution in [2.45, 2.75) is 13.8 Å². The highest BCUT2D eigenvalue weighted by Gasteiger charge is 2.20. The van der Waals surface area contributed by atoms with E-state index in [4.69, 9.17) is 16.2 Å². The number of rotatable bonds is 7. The molecule has 2 heterocycles. The first kappa shape index (κ1) is 24.1. The third-order valence-electron chi connectivity index (χ3n) is 5.07. The Morgan fingerprint density at radius 3 is 2.46 bits per heavy atom. The van der Waals surface area contributed by atoms with Crippen LogP contribution in [0, 0.1) is 11.7 Å². The van der Waals surface area contributed by atoms with Crippen LogP contribution < -0.4 is 20.9 Å². The minimum Gasteiger partial charge on any atom is -0.494 e. The van der Waals surface area contributed by atoms with Crippen LogP contribution in [0.5, 0.6) is 5.75 Å². The minimum absolute atomic E-state index is 0.112. The number of halogens is 1. The van der Waals surface area contributed by atoms with Gasteiger partial charge in [0, 0.05) is 23.3 Å². The number of nitrogen functional groups attached to an aromatic ring is 2. The molecule has 0 atom stereocenters. The van der Waals surface area contributed by atoms with Crippen LogP contribution in [0.3, 0.4) is 0 Å². The Morgan fingerprint density at radius 2 is 1.80 bits per heavy atom. The standard InChI is InChI=1S/C23H24FN7O3S/c1-12(2)11-35(32,33)31-17-6-4-5-15(19(17)24)13-7-16-20(18(8-13)34-3)29-22(30-21(16)25)14-9-27-23(26)28-10-14/h4-10,12,31H,11H2,1-3H3,(H2,25,29,30)(H2,26,27,28). The van der Waals surface area contributed by atoms with Crippen LogP contribution in [0.2, 0.25) is 0 Å². The van der Waals surface area contributed by atoms with Crippen LogP contribution in [-0.2, 0) is 10.0 Å². The SMILES string of the molecule is COc1cc(-c2cccc(NS(=O)(=O)CC(C)C)c2F)cc2c(N)nc(-c3cnc(N)nc3)nc12. The van der Waals surface area contributed by atoms with E-state index in [2.05, 4.69) is 24.7 Å². The Hall–Kier alpha value is -4.06. The van der Waals surface area contributed by atoms with Gasteiger partial charge in [0.05, 0.1) is 24.1 Å². The molecule has 0 amide bonds. The molecule has 0 aliphatic rings. The van der Waals surface area contributed by atoms with E-state index in [1.54, 1.807) is 32.0 Å². The summed E-state index contributed by atoms with van der Waals surface area (Å²) in [5.74, 6) is -0.122. The lowest BCUT2D eigenvalue weighted by Gasteiger charge is -2.15. The van der Waals surface area contributed by atoms with E-state index in [1.807, 2.05) is 0 Å². The van der Waals surface area contributed by atoms with Gasteiger partial charge < -0.3 is 16.2 Å². The van der Waals surface area contributed by atoms with E-state index < -0.39 is 15.8 Å². The number of ether oxygens (including phenoxy) is 1. The molecule has 10 nitrogen and oxygen atoms in total. The molecule has 4 aromatic rings. The number of anilines is 3. The van der Waals surface area contributed by atoms with E-state index >= 15 is 4.39 Å². The smallest absolute Gasteiger partial charge is 0.233 e. The largest absolute Gasteiger partial charge is 0.494 e.